The Labute approximate surface area is 90.9 Å². The largest absolute Gasteiger partial charge is 0.456 e. The average Bonchev–Trinajstić information content (AvgIpc) is 1.99. The Morgan fingerprint density at radius 1 is 1.08 bits per heavy atom. The van der Waals surface area contributed by atoms with Crippen molar-refractivity contribution in [3.05, 3.63) is 0 Å². The van der Waals surface area contributed by atoms with Crippen LogP contribution in [0.5, 0.6) is 0 Å². The molecule has 0 N–H and O–H groups in total. The van der Waals surface area contributed by atoms with Crippen LogP contribution in [-0.4, -0.2) is 22.4 Å². The van der Waals surface area contributed by atoms with E-state index in [1.807, 2.05) is 0 Å². The van der Waals surface area contributed by atoms with Gasteiger partial charge in [-0.25, -0.2) is 0 Å². The Morgan fingerprint density at radius 2 is 1.62 bits per heavy atom. The molecule has 0 unspecified atom stereocenters. The van der Waals surface area contributed by atoms with Gasteiger partial charge in [-0.3, -0.25) is 0 Å². The lowest BCUT2D eigenvalue weighted by Gasteiger charge is -2.33. The van der Waals surface area contributed by atoms with E-state index in [0.29, 0.717) is 0 Å². The molecule has 0 rings (SSSR count). The van der Waals surface area contributed by atoms with Gasteiger partial charge in [0.25, 0.3) is 0 Å². The second kappa shape index (κ2) is 5.58. The van der Waals surface area contributed by atoms with Crippen molar-refractivity contribution in [3.63, 3.8) is 0 Å². The van der Waals surface area contributed by atoms with Gasteiger partial charge in [0.1, 0.15) is 0 Å². The van der Waals surface area contributed by atoms with Crippen molar-refractivity contribution >= 4 is 29.3 Å². The summed E-state index contributed by atoms with van der Waals surface area (Å²) in [4.78, 5) is 0. The summed E-state index contributed by atoms with van der Waals surface area (Å²) in [5.41, 5.74) is 0. The normalized spacial score (nSPS) is 13.4. The molecule has 0 aliphatic rings. The molecule has 0 aromatic carbocycles. The molecule has 13 heavy (non-hydrogen) atoms. The quantitative estimate of drug-likeness (QED) is 0.546. The van der Waals surface area contributed by atoms with Gasteiger partial charge in [-0.1, -0.05) is 6.92 Å². The van der Waals surface area contributed by atoms with Crippen molar-refractivity contribution in [3.8, 4) is 0 Å². The van der Waals surface area contributed by atoms with Crippen LogP contribution in [-0.2, 0) is 4.12 Å². The van der Waals surface area contributed by atoms with Gasteiger partial charge in [0.2, 0.25) is 0 Å². The van der Waals surface area contributed by atoms with Crippen molar-refractivity contribution < 1.29 is 4.12 Å². The number of hydrogen-bond acceptors (Lipinski definition) is 2. The summed E-state index contributed by atoms with van der Waals surface area (Å²) < 4.78 is 6.32. The van der Waals surface area contributed by atoms with E-state index < -0.39 is 16.6 Å². The second-order valence-electron chi connectivity index (χ2n) is 4.80. The first kappa shape index (κ1) is 13.7. The van der Waals surface area contributed by atoms with Crippen LogP contribution in [0.4, 0.5) is 0 Å². The zero-order valence-electron chi connectivity index (χ0n) is 9.68. The molecule has 0 aliphatic heterocycles. The lowest BCUT2D eigenvalue weighted by Crippen LogP contribution is -2.43. The Balaban J connectivity index is 4.00. The molecule has 0 heterocycles. The molecule has 0 spiro atoms. The van der Waals surface area contributed by atoms with Crippen LogP contribution in [0.15, 0.2) is 0 Å². The Bertz CT molecular complexity index is 149. The van der Waals surface area contributed by atoms with Crippen molar-refractivity contribution in [2.75, 3.05) is 5.75 Å². The Morgan fingerprint density at radius 3 is 2.00 bits per heavy atom. The minimum Gasteiger partial charge on any atom is -0.456 e. The Kier molecular flexibility index (Phi) is 5.90. The second-order valence-corrected chi connectivity index (χ2v) is 14.3. The lowest BCUT2D eigenvalue weighted by atomic mass is 10.6. The van der Waals surface area contributed by atoms with E-state index in [4.69, 9.17) is 4.12 Å². The van der Waals surface area contributed by atoms with Crippen LogP contribution < -0.4 is 0 Å². The van der Waals surface area contributed by atoms with Crippen LogP contribution >= 0.6 is 12.6 Å². The molecule has 0 saturated heterocycles. The summed E-state index contributed by atoms with van der Waals surface area (Å²) in [6.07, 6.45) is 1.20. The first-order chi connectivity index (χ1) is 5.83. The van der Waals surface area contributed by atoms with E-state index in [2.05, 4.69) is 45.7 Å². The topological polar surface area (TPSA) is 9.23 Å². The van der Waals surface area contributed by atoms with Crippen LogP contribution in [0.1, 0.15) is 13.3 Å². The van der Waals surface area contributed by atoms with Gasteiger partial charge in [-0.15, -0.1) is 0 Å². The average molecular weight is 237 g/mol. The minimum absolute atomic E-state index is 0.994. The SMILES string of the molecule is CC[Si](C)(C)O[Si](C)(C)CCCS. The first-order valence-corrected chi connectivity index (χ1v) is 12.0. The van der Waals surface area contributed by atoms with Gasteiger partial charge in [-0.2, -0.15) is 12.6 Å². The molecule has 0 saturated carbocycles. The molecule has 0 radical (unpaired) electrons. The fraction of sp³-hybridized carbons (Fsp3) is 1.00. The zero-order valence-corrected chi connectivity index (χ0v) is 12.6. The summed E-state index contributed by atoms with van der Waals surface area (Å²) in [6, 6.07) is 2.48. The smallest absolute Gasteiger partial charge is 0.173 e. The van der Waals surface area contributed by atoms with Crippen LogP contribution in [0.2, 0.25) is 38.3 Å². The zero-order chi connectivity index (χ0) is 10.5. The van der Waals surface area contributed by atoms with Gasteiger partial charge < -0.3 is 4.12 Å². The van der Waals surface area contributed by atoms with Crippen LogP contribution in [0.25, 0.3) is 0 Å². The van der Waals surface area contributed by atoms with E-state index in [9.17, 15) is 0 Å². The van der Waals surface area contributed by atoms with Gasteiger partial charge in [0, 0.05) is 0 Å². The first-order valence-electron chi connectivity index (χ1n) is 5.14. The number of hydrogen-bond donors (Lipinski definition) is 1. The fourth-order valence-electron chi connectivity index (χ4n) is 1.38. The maximum absolute atomic E-state index is 6.32. The standard InChI is InChI=1S/C9H24OSSi2/c1-6-12(2,3)10-13(4,5)9-7-8-11/h11H,6-9H2,1-5H3. The van der Waals surface area contributed by atoms with Crippen LogP contribution in [0, 0.1) is 0 Å². The molecule has 0 amide bonds. The summed E-state index contributed by atoms with van der Waals surface area (Å²) in [6.45, 7) is 11.6. The molecule has 0 fully saturated rings. The van der Waals surface area contributed by atoms with Crippen molar-refractivity contribution in [1.82, 2.24) is 0 Å². The lowest BCUT2D eigenvalue weighted by molar-refractivity contribution is 0.538. The molecule has 0 aliphatic carbocycles. The molecule has 0 aromatic rings. The van der Waals surface area contributed by atoms with Crippen molar-refractivity contribution in [1.29, 1.82) is 0 Å². The third-order valence-corrected chi connectivity index (χ3v) is 10.3. The molecule has 0 atom stereocenters. The molecule has 4 heteroatoms. The van der Waals surface area contributed by atoms with Gasteiger partial charge in [0.05, 0.1) is 0 Å². The van der Waals surface area contributed by atoms with Gasteiger partial charge in [-0.05, 0) is 50.4 Å². The highest BCUT2D eigenvalue weighted by molar-refractivity contribution is 7.80. The third-order valence-electron chi connectivity index (χ3n) is 2.34. The van der Waals surface area contributed by atoms with E-state index in [-0.39, 0.29) is 0 Å². The summed E-state index contributed by atoms with van der Waals surface area (Å²) >= 11 is 4.24. The number of rotatable bonds is 6. The minimum atomic E-state index is -1.37. The predicted octanol–water partition coefficient (Wildman–Crippen LogP) is 3.75. The molecule has 80 valence electrons. The highest BCUT2D eigenvalue weighted by atomic mass is 32.1. The Hall–Kier alpha value is 0.744. The monoisotopic (exact) mass is 236 g/mol. The van der Waals surface area contributed by atoms with E-state index in [1.165, 1.54) is 18.5 Å². The summed E-state index contributed by atoms with van der Waals surface area (Å²) in [5, 5.41) is 0. The summed E-state index contributed by atoms with van der Waals surface area (Å²) in [7, 11) is -2.69. The summed E-state index contributed by atoms with van der Waals surface area (Å²) in [5.74, 6) is 0.994. The molecule has 1 nitrogen and oxygen atoms in total. The van der Waals surface area contributed by atoms with E-state index >= 15 is 0 Å². The molecule has 0 bridgehead atoms. The van der Waals surface area contributed by atoms with Crippen molar-refractivity contribution in [2.45, 2.75) is 51.6 Å². The highest BCUT2D eigenvalue weighted by Gasteiger charge is 2.30. The molecular weight excluding hydrogens is 212 g/mol. The van der Waals surface area contributed by atoms with Gasteiger partial charge >= 0.3 is 0 Å². The fourth-order valence-corrected chi connectivity index (χ4v) is 9.83. The highest BCUT2D eigenvalue weighted by Crippen LogP contribution is 2.22. The maximum Gasteiger partial charge on any atom is 0.173 e. The third kappa shape index (κ3) is 6.77. The van der Waals surface area contributed by atoms with E-state index in [1.54, 1.807) is 0 Å². The maximum atomic E-state index is 6.32. The van der Waals surface area contributed by atoms with Crippen molar-refractivity contribution in [2.24, 2.45) is 0 Å². The number of thiol groups is 1. The van der Waals surface area contributed by atoms with Crippen LogP contribution in [0.3, 0.4) is 0 Å². The molecule has 0 aromatic heterocycles. The molecular formula is C9H24OSSi2. The van der Waals surface area contributed by atoms with E-state index in [0.717, 1.165) is 5.75 Å². The van der Waals surface area contributed by atoms with Gasteiger partial charge in [0.15, 0.2) is 16.6 Å². The predicted molar refractivity (Wildman–Crippen MR) is 69.8 cm³/mol.